The second-order valence-electron chi connectivity index (χ2n) is 6.85. The fourth-order valence-corrected chi connectivity index (χ4v) is 2.26. The van der Waals surface area contributed by atoms with Crippen molar-refractivity contribution in [3.8, 4) is 22.9 Å². The summed E-state index contributed by atoms with van der Waals surface area (Å²) in [6.45, 7) is 15.4. The first-order valence-corrected chi connectivity index (χ1v) is 13.6. The fourth-order valence-electron chi connectivity index (χ4n) is 1.25. The van der Waals surface area contributed by atoms with E-state index in [-0.39, 0.29) is 0 Å². The van der Waals surface area contributed by atoms with Crippen LogP contribution in [-0.4, -0.2) is 21.1 Å². The Labute approximate surface area is 119 Å². The third-order valence-corrected chi connectivity index (χ3v) is 3.91. The van der Waals surface area contributed by atoms with E-state index in [1.165, 1.54) is 0 Å². The molecule has 0 spiro atoms. The van der Waals surface area contributed by atoms with E-state index in [2.05, 4.69) is 67.2 Å². The van der Waals surface area contributed by atoms with E-state index in [1.807, 2.05) is 19.1 Å². The van der Waals surface area contributed by atoms with Crippen LogP contribution in [0.1, 0.15) is 17.0 Å². The monoisotopic (exact) mass is 285 g/mol. The molecule has 0 unspecified atom stereocenters. The maximum Gasteiger partial charge on any atom is 0.129 e. The Morgan fingerprint density at radius 1 is 0.842 bits per heavy atom. The molecule has 0 bridgehead atoms. The summed E-state index contributed by atoms with van der Waals surface area (Å²) in [5.74, 6) is 6.52. The zero-order valence-electron chi connectivity index (χ0n) is 13.1. The Morgan fingerprint density at radius 3 is 1.89 bits per heavy atom. The lowest BCUT2D eigenvalue weighted by Crippen LogP contribution is -2.17. The van der Waals surface area contributed by atoms with Crippen molar-refractivity contribution in [2.45, 2.75) is 46.2 Å². The standard InChI is InChI=1S/C16H23NSi2/c1-14-8-9-15(10-12-18(2,3)4)16(17-14)11-13-19(5,6)7/h8-9H,1-7H3. The summed E-state index contributed by atoms with van der Waals surface area (Å²) >= 11 is 0. The Balaban J connectivity index is 3.25. The van der Waals surface area contributed by atoms with Gasteiger partial charge in [-0.3, -0.25) is 0 Å². The summed E-state index contributed by atoms with van der Waals surface area (Å²) in [5, 5.41) is 0. The normalized spacial score (nSPS) is 11.1. The number of aromatic nitrogens is 1. The van der Waals surface area contributed by atoms with E-state index in [9.17, 15) is 0 Å². The maximum absolute atomic E-state index is 4.54. The van der Waals surface area contributed by atoms with Gasteiger partial charge < -0.3 is 0 Å². The number of nitrogens with zero attached hydrogens (tertiary/aromatic N) is 1. The van der Waals surface area contributed by atoms with E-state index >= 15 is 0 Å². The molecule has 0 aliphatic carbocycles. The number of hydrogen-bond donors (Lipinski definition) is 0. The Bertz CT molecular complexity index is 582. The van der Waals surface area contributed by atoms with Crippen LogP contribution in [0.15, 0.2) is 12.1 Å². The van der Waals surface area contributed by atoms with Gasteiger partial charge in [0.25, 0.3) is 0 Å². The van der Waals surface area contributed by atoms with E-state index in [0.29, 0.717) is 0 Å². The lowest BCUT2D eigenvalue weighted by atomic mass is 10.2. The van der Waals surface area contributed by atoms with Gasteiger partial charge in [0.05, 0.1) is 5.56 Å². The summed E-state index contributed by atoms with van der Waals surface area (Å²) in [4.78, 5) is 4.54. The molecule has 19 heavy (non-hydrogen) atoms. The Kier molecular flexibility index (Phi) is 4.79. The molecule has 0 radical (unpaired) electrons. The average molecular weight is 286 g/mol. The SMILES string of the molecule is Cc1ccc(C#C[Si](C)(C)C)c(C#C[Si](C)(C)C)n1. The molecule has 0 aliphatic heterocycles. The van der Waals surface area contributed by atoms with Crippen LogP contribution in [-0.2, 0) is 0 Å². The number of pyridine rings is 1. The number of hydrogen-bond acceptors (Lipinski definition) is 1. The van der Waals surface area contributed by atoms with Gasteiger partial charge in [0.15, 0.2) is 0 Å². The van der Waals surface area contributed by atoms with Gasteiger partial charge in [-0.15, -0.1) is 11.1 Å². The molecule has 1 aromatic rings. The van der Waals surface area contributed by atoms with Gasteiger partial charge in [-0.25, -0.2) is 4.98 Å². The molecule has 0 aromatic carbocycles. The summed E-state index contributed by atoms with van der Waals surface area (Å²) in [6, 6.07) is 4.05. The quantitative estimate of drug-likeness (QED) is 0.521. The van der Waals surface area contributed by atoms with E-state index in [0.717, 1.165) is 17.0 Å². The van der Waals surface area contributed by atoms with Crippen LogP contribution in [0.2, 0.25) is 39.3 Å². The topological polar surface area (TPSA) is 12.9 Å². The average Bonchev–Trinajstić information content (AvgIpc) is 2.22. The molecule has 1 heterocycles. The van der Waals surface area contributed by atoms with Crippen LogP contribution in [0, 0.1) is 29.9 Å². The van der Waals surface area contributed by atoms with Crippen molar-refractivity contribution < 1.29 is 0 Å². The van der Waals surface area contributed by atoms with Gasteiger partial charge in [-0.05, 0) is 19.1 Å². The van der Waals surface area contributed by atoms with E-state index in [4.69, 9.17) is 0 Å². The second kappa shape index (κ2) is 5.78. The highest BCUT2D eigenvalue weighted by atomic mass is 28.3. The minimum atomic E-state index is -1.38. The summed E-state index contributed by atoms with van der Waals surface area (Å²) in [6.07, 6.45) is 0. The molecule has 3 heteroatoms. The molecule has 0 fully saturated rings. The molecule has 0 aliphatic rings. The van der Waals surface area contributed by atoms with Crippen molar-refractivity contribution in [1.82, 2.24) is 4.98 Å². The predicted molar refractivity (Wildman–Crippen MR) is 89.4 cm³/mol. The molecule has 0 N–H and O–H groups in total. The van der Waals surface area contributed by atoms with Crippen LogP contribution in [0.4, 0.5) is 0 Å². The molecule has 0 saturated heterocycles. The lowest BCUT2D eigenvalue weighted by molar-refractivity contribution is 1.17. The van der Waals surface area contributed by atoms with Crippen molar-refractivity contribution >= 4 is 16.1 Å². The van der Waals surface area contributed by atoms with Gasteiger partial charge >= 0.3 is 0 Å². The van der Waals surface area contributed by atoms with Crippen LogP contribution < -0.4 is 0 Å². The van der Waals surface area contributed by atoms with E-state index < -0.39 is 16.1 Å². The zero-order valence-corrected chi connectivity index (χ0v) is 15.1. The lowest BCUT2D eigenvalue weighted by Gasteiger charge is -2.05. The third-order valence-electron chi connectivity index (χ3n) is 2.16. The number of rotatable bonds is 0. The smallest absolute Gasteiger partial charge is 0.129 e. The highest BCUT2D eigenvalue weighted by molar-refractivity contribution is 6.84. The molecule has 0 amide bonds. The molecule has 1 aromatic heterocycles. The molecule has 0 saturated carbocycles. The minimum absolute atomic E-state index is 0.841. The van der Waals surface area contributed by atoms with Gasteiger partial charge in [0, 0.05) is 5.69 Å². The van der Waals surface area contributed by atoms with Gasteiger partial charge in [0.1, 0.15) is 21.8 Å². The molecular formula is C16H23NSi2. The third kappa shape index (κ3) is 6.43. The van der Waals surface area contributed by atoms with Gasteiger partial charge in [-0.2, -0.15) is 0 Å². The highest BCUT2D eigenvalue weighted by Gasteiger charge is 2.10. The largest absolute Gasteiger partial charge is 0.243 e. The van der Waals surface area contributed by atoms with E-state index in [1.54, 1.807) is 0 Å². The molecule has 1 rings (SSSR count). The van der Waals surface area contributed by atoms with Crippen molar-refractivity contribution in [3.63, 3.8) is 0 Å². The second-order valence-corrected chi connectivity index (χ2v) is 16.3. The minimum Gasteiger partial charge on any atom is -0.243 e. The first-order chi connectivity index (χ1) is 8.57. The summed E-state index contributed by atoms with van der Waals surface area (Å²) < 4.78 is 0. The first-order valence-electron chi connectivity index (χ1n) is 6.61. The molecule has 100 valence electrons. The van der Waals surface area contributed by atoms with Crippen LogP contribution in [0.5, 0.6) is 0 Å². The molecule has 0 atom stereocenters. The van der Waals surface area contributed by atoms with Gasteiger partial charge in [0.2, 0.25) is 0 Å². The van der Waals surface area contributed by atoms with Crippen molar-refractivity contribution in [1.29, 1.82) is 0 Å². The van der Waals surface area contributed by atoms with Crippen molar-refractivity contribution in [2.24, 2.45) is 0 Å². The summed E-state index contributed by atoms with van der Waals surface area (Å²) in [5.41, 5.74) is 9.57. The number of aryl methyl sites for hydroxylation is 1. The Morgan fingerprint density at radius 2 is 1.37 bits per heavy atom. The highest BCUT2D eigenvalue weighted by Crippen LogP contribution is 2.07. The zero-order chi connectivity index (χ0) is 14.7. The predicted octanol–water partition coefficient (Wildman–Crippen LogP) is 3.85. The fraction of sp³-hybridized carbons (Fsp3) is 0.438. The van der Waals surface area contributed by atoms with Crippen LogP contribution in [0.25, 0.3) is 0 Å². The molecular weight excluding hydrogens is 262 g/mol. The van der Waals surface area contributed by atoms with Crippen molar-refractivity contribution in [2.75, 3.05) is 0 Å². The van der Waals surface area contributed by atoms with Crippen LogP contribution >= 0.6 is 0 Å². The summed E-state index contributed by atoms with van der Waals surface area (Å²) in [7, 11) is -2.75. The Hall–Kier alpha value is -1.30. The maximum atomic E-state index is 4.54. The van der Waals surface area contributed by atoms with Crippen LogP contribution in [0.3, 0.4) is 0 Å². The van der Waals surface area contributed by atoms with Gasteiger partial charge in [-0.1, -0.05) is 51.1 Å². The molecule has 1 nitrogen and oxygen atoms in total. The first kappa shape index (κ1) is 15.8. The van der Waals surface area contributed by atoms with Crippen molar-refractivity contribution in [3.05, 3.63) is 29.1 Å².